The molecule has 0 atom stereocenters. The Kier molecular flexibility index (Phi) is 2.26. The van der Waals surface area contributed by atoms with Gasteiger partial charge in [0.15, 0.2) is 5.69 Å². The first kappa shape index (κ1) is 10.2. The van der Waals surface area contributed by atoms with Crippen LogP contribution in [-0.4, -0.2) is 25.7 Å². The maximum absolute atomic E-state index is 11.3. The number of carbonyl (C=O) groups excluding carboxylic acids is 1. The molecule has 1 fully saturated rings. The van der Waals surface area contributed by atoms with Crippen LogP contribution in [0.5, 0.6) is 0 Å². The second-order valence-electron chi connectivity index (χ2n) is 3.59. The summed E-state index contributed by atoms with van der Waals surface area (Å²) in [5.41, 5.74) is 0.00215. The normalized spacial score (nSPS) is 16.3. The van der Waals surface area contributed by atoms with E-state index < -0.39 is 15.9 Å². The molecule has 1 aliphatic carbocycles. The Morgan fingerprint density at radius 1 is 1.60 bits per heavy atom. The third-order valence-electron chi connectivity index (χ3n) is 2.02. The van der Waals surface area contributed by atoms with Gasteiger partial charge in [0.25, 0.3) is 5.91 Å². The van der Waals surface area contributed by atoms with Crippen molar-refractivity contribution in [2.24, 2.45) is 0 Å². The van der Waals surface area contributed by atoms with Crippen LogP contribution in [0, 0.1) is 0 Å². The lowest BCUT2D eigenvalue weighted by Crippen LogP contribution is -2.29. The van der Waals surface area contributed by atoms with Crippen molar-refractivity contribution < 1.29 is 17.7 Å². The van der Waals surface area contributed by atoms with Gasteiger partial charge in [0.2, 0.25) is 10.0 Å². The minimum Gasteiger partial charge on any atom is -0.360 e. The molecule has 0 bridgehead atoms. The average Bonchev–Trinajstić information content (AvgIpc) is 2.81. The zero-order valence-corrected chi connectivity index (χ0v) is 8.87. The smallest absolute Gasteiger partial charge is 0.286 e. The molecule has 0 saturated heterocycles. The van der Waals surface area contributed by atoms with E-state index >= 15 is 0 Å². The first-order valence-corrected chi connectivity index (χ1v) is 6.33. The molecular weight excluding hydrogens is 220 g/mol. The van der Waals surface area contributed by atoms with Gasteiger partial charge in [0, 0.05) is 12.0 Å². The first-order chi connectivity index (χ1) is 6.96. The summed E-state index contributed by atoms with van der Waals surface area (Å²) in [7, 11) is -3.55. The second kappa shape index (κ2) is 3.34. The number of hydrogen-bond donors (Lipinski definition) is 1. The monoisotopic (exact) mass is 230 g/mol. The minimum absolute atomic E-state index is 0.00215. The van der Waals surface area contributed by atoms with Gasteiger partial charge in [-0.3, -0.25) is 4.79 Å². The molecule has 6 nitrogen and oxygen atoms in total. The first-order valence-electron chi connectivity index (χ1n) is 4.44. The van der Waals surface area contributed by atoms with Crippen LogP contribution in [0.1, 0.15) is 35.0 Å². The molecule has 7 heteroatoms. The van der Waals surface area contributed by atoms with Crippen LogP contribution in [0.25, 0.3) is 0 Å². The highest BCUT2D eigenvalue weighted by Gasteiger charge is 2.29. The Bertz CT molecular complexity index is 486. The van der Waals surface area contributed by atoms with Crippen molar-refractivity contribution in [3.05, 3.63) is 17.5 Å². The molecule has 82 valence electrons. The summed E-state index contributed by atoms with van der Waals surface area (Å²) < 4.78 is 28.3. The number of hydrogen-bond acceptors (Lipinski definition) is 5. The molecule has 1 saturated carbocycles. The highest BCUT2D eigenvalue weighted by atomic mass is 32.2. The molecule has 1 aliphatic rings. The summed E-state index contributed by atoms with van der Waals surface area (Å²) in [6, 6.07) is 1.48. The molecular formula is C8H10N2O4S. The molecule has 0 unspecified atom stereocenters. The number of aromatic nitrogens is 1. The van der Waals surface area contributed by atoms with Gasteiger partial charge >= 0.3 is 0 Å². The lowest BCUT2D eigenvalue weighted by Gasteiger charge is -1.96. The number of sulfonamides is 1. The largest absolute Gasteiger partial charge is 0.360 e. The highest BCUT2D eigenvalue weighted by Crippen LogP contribution is 2.40. The summed E-state index contributed by atoms with van der Waals surface area (Å²) >= 11 is 0. The average molecular weight is 230 g/mol. The fourth-order valence-corrected chi connectivity index (χ4v) is 1.62. The number of rotatable bonds is 3. The van der Waals surface area contributed by atoms with E-state index in [4.69, 9.17) is 4.52 Å². The van der Waals surface area contributed by atoms with Crippen LogP contribution in [0.2, 0.25) is 0 Å². The molecule has 0 aliphatic heterocycles. The molecule has 0 radical (unpaired) electrons. The van der Waals surface area contributed by atoms with Gasteiger partial charge in [-0.1, -0.05) is 5.16 Å². The van der Waals surface area contributed by atoms with E-state index in [1.54, 1.807) is 0 Å². The van der Waals surface area contributed by atoms with Crippen molar-refractivity contribution in [3.63, 3.8) is 0 Å². The quantitative estimate of drug-likeness (QED) is 0.803. The Morgan fingerprint density at radius 2 is 2.27 bits per heavy atom. The van der Waals surface area contributed by atoms with Gasteiger partial charge in [-0.15, -0.1) is 0 Å². The van der Waals surface area contributed by atoms with Crippen LogP contribution in [0.15, 0.2) is 10.6 Å². The Morgan fingerprint density at radius 3 is 2.80 bits per heavy atom. The second-order valence-corrected chi connectivity index (χ2v) is 5.34. The maximum atomic E-state index is 11.3. The molecule has 0 aromatic carbocycles. The van der Waals surface area contributed by atoms with Gasteiger partial charge in [-0.05, 0) is 12.8 Å². The standard InChI is InChI=1S/C8H10N2O4S/c1-15(12,13)10-8(11)6-4-7(14-9-6)5-2-3-5/h4-5H,2-3H2,1H3,(H,10,11). The van der Waals surface area contributed by atoms with Crippen molar-refractivity contribution in [1.29, 1.82) is 0 Å². The van der Waals surface area contributed by atoms with E-state index in [1.165, 1.54) is 6.07 Å². The van der Waals surface area contributed by atoms with Crippen molar-refractivity contribution in [2.75, 3.05) is 6.26 Å². The number of amides is 1. The fourth-order valence-electron chi connectivity index (χ4n) is 1.18. The van der Waals surface area contributed by atoms with Crippen molar-refractivity contribution in [2.45, 2.75) is 18.8 Å². The lowest BCUT2D eigenvalue weighted by molar-refractivity contribution is 0.0973. The van der Waals surface area contributed by atoms with E-state index in [2.05, 4.69) is 5.16 Å². The third-order valence-corrected chi connectivity index (χ3v) is 2.58. The number of nitrogens with zero attached hydrogens (tertiary/aromatic N) is 1. The Balaban J connectivity index is 2.11. The predicted molar refractivity (Wildman–Crippen MR) is 50.8 cm³/mol. The van der Waals surface area contributed by atoms with Gasteiger partial charge in [-0.25, -0.2) is 13.1 Å². The van der Waals surface area contributed by atoms with Gasteiger partial charge in [0.1, 0.15) is 5.76 Å². The van der Waals surface area contributed by atoms with Gasteiger partial charge < -0.3 is 4.52 Å². The highest BCUT2D eigenvalue weighted by molar-refractivity contribution is 7.89. The van der Waals surface area contributed by atoms with E-state index in [-0.39, 0.29) is 5.69 Å². The van der Waals surface area contributed by atoms with Gasteiger partial charge in [0.05, 0.1) is 6.26 Å². The molecule has 0 spiro atoms. The lowest BCUT2D eigenvalue weighted by atomic mass is 10.3. The minimum atomic E-state index is -3.55. The van der Waals surface area contributed by atoms with Crippen LogP contribution in [-0.2, 0) is 10.0 Å². The van der Waals surface area contributed by atoms with Crippen LogP contribution >= 0.6 is 0 Å². The molecule has 1 N–H and O–H groups in total. The molecule has 1 aromatic rings. The Hall–Kier alpha value is -1.37. The van der Waals surface area contributed by atoms with Gasteiger partial charge in [-0.2, -0.15) is 0 Å². The topological polar surface area (TPSA) is 89.3 Å². The van der Waals surface area contributed by atoms with E-state index in [9.17, 15) is 13.2 Å². The Labute approximate surface area is 86.7 Å². The maximum Gasteiger partial charge on any atom is 0.286 e. The zero-order chi connectivity index (χ0) is 11.1. The van der Waals surface area contributed by atoms with E-state index in [1.807, 2.05) is 4.72 Å². The molecule has 15 heavy (non-hydrogen) atoms. The van der Waals surface area contributed by atoms with Crippen molar-refractivity contribution in [3.8, 4) is 0 Å². The third kappa shape index (κ3) is 2.56. The summed E-state index contributed by atoms with van der Waals surface area (Å²) in [6.45, 7) is 0. The molecule has 1 heterocycles. The van der Waals surface area contributed by atoms with E-state index in [0.29, 0.717) is 11.7 Å². The van der Waals surface area contributed by atoms with Crippen molar-refractivity contribution in [1.82, 2.24) is 9.88 Å². The summed E-state index contributed by atoms with van der Waals surface area (Å²) in [5, 5.41) is 3.51. The fraction of sp³-hybridized carbons (Fsp3) is 0.500. The summed E-state index contributed by atoms with van der Waals surface area (Å²) in [5.74, 6) is 0.235. The van der Waals surface area contributed by atoms with Crippen LogP contribution in [0.3, 0.4) is 0 Å². The van der Waals surface area contributed by atoms with Crippen molar-refractivity contribution >= 4 is 15.9 Å². The SMILES string of the molecule is CS(=O)(=O)NC(=O)c1cc(C2CC2)on1. The summed E-state index contributed by atoms with van der Waals surface area (Å²) in [4.78, 5) is 11.3. The molecule has 2 rings (SSSR count). The molecule has 1 aromatic heterocycles. The predicted octanol–water partition coefficient (Wildman–Crippen LogP) is 0.241. The zero-order valence-electron chi connectivity index (χ0n) is 8.06. The number of nitrogens with one attached hydrogen (secondary N) is 1. The van der Waals surface area contributed by atoms with E-state index in [0.717, 1.165) is 19.1 Å². The number of carbonyl (C=O) groups is 1. The summed E-state index contributed by atoms with van der Waals surface area (Å²) in [6.07, 6.45) is 2.97. The van der Waals surface area contributed by atoms with Crippen LogP contribution < -0.4 is 4.72 Å². The van der Waals surface area contributed by atoms with Crippen LogP contribution in [0.4, 0.5) is 0 Å². The molecule has 1 amide bonds.